The van der Waals surface area contributed by atoms with Crippen molar-refractivity contribution in [3.8, 4) is 23.0 Å². The fourth-order valence-corrected chi connectivity index (χ4v) is 3.09. The van der Waals surface area contributed by atoms with Crippen LogP contribution in [-0.2, 0) is 0 Å². The summed E-state index contributed by atoms with van der Waals surface area (Å²) in [6.07, 6.45) is 1.68. The Labute approximate surface area is 175 Å². The molecule has 0 bridgehead atoms. The van der Waals surface area contributed by atoms with Crippen LogP contribution in [0.25, 0.3) is 10.9 Å². The third-order valence-corrected chi connectivity index (χ3v) is 4.33. The Morgan fingerprint density at radius 3 is 2.23 bits per heavy atom. The standard InChI is InChI=1S/C23H26N2O5/c1-5-28-19-12-16(13-20(29-6-2)22(19)30-7-3)23(26)25-18-14-17(27-4)11-15-9-8-10-24-21(15)18/h8-14H,5-7H2,1-4H3,(H,25,26). The molecule has 0 atom stereocenters. The van der Waals surface area contributed by atoms with Crippen molar-refractivity contribution < 1.29 is 23.7 Å². The minimum absolute atomic E-state index is 0.319. The zero-order chi connectivity index (χ0) is 21.5. The Bertz CT molecular complexity index is 1010. The second-order valence-electron chi connectivity index (χ2n) is 6.30. The molecule has 1 amide bonds. The van der Waals surface area contributed by atoms with Gasteiger partial charge in [0.25, 0.3) is 5.91 Å². The summed E-state index contributed by atoms with van der Waals surface area (Å²) in [6, 6.07) is 10.7. The maximum atomic E-state index is 13.1. The summed E-state index contributed by atoms with van der Waals surface area (Å²) in [4.78, 5) is 17.5. The summed E-state index contributed by atoms with van der Waals surface area (Å²) in [5.41, 5.74) is 1.62. The molecule has 0 spiro atoms. The van der Waals surface area contributed by atoms with Crippen LogP contribution in [0.4, 0.5) is 5.69 Å². The number of pyridine rings is 1. The summed E-state index contributed by atoms with van der Waals surface area (Å²) in [5, 5.41) is 3.80. The van der Waals surface area contributed by atoms with E-state index in [2.05, 4.69) is 10.3 Å². The van der Waals surface area contributed by atoms with Gasteiger partial charge in [-0.25, -0.2) is 0 Å². The highest BCUT2D eigenvalue weighted by Gasteiger charge is 2.19. The van der Waals surface area contributed by atoms with Gasteiger partial charge < -0.3 is 24.3 Å². The molecule has 0 saturated carbocycles. The number of carbonyl (C=O) groups is 1. The molecule has 0 unspecified atom stereocenters. The molecular formula is C23H26N2O5. The lowest BCUT2D eigenvalue weighted by molar-refractivity contribution is 0.102. The Balaban J connectivity index is 2.02. The van der Waals surface area contributed by atoms with Crippen molar-refractivity contribution >= 4 is 22.5 Å². The fourth-order valence-electron chi connectivity index (χ4n) is 3.09. The van der Waals surface area contributed by atoms with Crippen LogP contribution >= 0.6 is 0 Å². The van der Waals surface area contributed by atoms with Gasteiger partial charge in [0.15, 0.2) is 11.5 Å². The molecule has 3 rings (SSSR count). The molecule has 0 aliphatic heterocycles. The monoisotopic (exact) mass is 410 g/mol. The molecule has 1 aromatic heterocycles. The average molecular weight is 410 g/mol. The first-order valence-electron chi connectivity index (χ1n) is 9.91. The quantitative estimate of drug-likeness (QED) is 0.551. The number of anilines is 1. The largest absolute Gasteiger partial charge is 0.497 e. The third-order valence-electron chi connectivity index (χ3n) is 4.33. The fraction of sp³-hybridized carbons (Fsp3) is 0.304. The number of nitrogens with one attached hydrogen (secondary N) is 1. The van der Waals surface area contributed by atoms with Crippen LogP contribution in [0, 0.1) is 0 Å². The summed E-state index contributed by atoms with van der Waals surface area (Å²) >= 11 is 0. The Morgan fingerprint density at radius 2 is 1.63 bits per heavy atom. The number of hydrogen-bond acceptors (Lipinski definition) is 6. The van der Waals surface area contributed by atoms with E-state index in [-0.39, 0.29) is 5.91 Å². The van der Waals surface area contributed by atoms with E-state index in [1.165, 1.54) is 0 Å². The van der Waals surface area contributed by atoms with Gasteiger partial charge in [0.05, 0.1) is 38.1 Å². The second-order valence-corrected chi connectivity index (χ2v) is 6.30. The molecule has 1 heterocycles. The highest BCUT2D eigenvalue weighted by Crippen LogP contribution is 2.39. The summed E-state index contributed by atoms with van der Waals surface area (Å²) in [6.45, 7) is 6.94. The average Bonchev–Trinajstić information content (AvgIpc) is 2.75. The first-order chi connectivity index (χ1) is 14.6. The van der Waals surface area contributed by atoms with Crippen LogP contribution in [0.3, 0.4) is 0 Å². The molecule has 158 valence electrons. The molecule has 7 nitrogen and oxygen atoms in total. The van der Waals surface area contributed by atoms with Crippen molar-refractivity contribution in [2.24, 2.45) is 0 Å². The zero-order valence-electron chi connectivity index (χ0n) is 17.7. The van der Waals surface area contributed by atoms with Gasteiger partial charge in [-0.3, -0.25) is 9.78 Å². The molecule has 1 N–H and O–H groups in total. The maximum absolute atomic E-state index is 13.1. The van der Waals surface area contributed by atoms with Gasteiger partial charge in [0.2, 0.25) is 5.75 Å². The highest BCUT2D eigenvalue weighted by molar-refractivity contribution is 6.09. The first-order valence-corrected chi connectivity index (χ1v) is 9.91. The molecule has 0 radical (unpaired) electrons. The Hall–Kier alpha value is -3.48. The Kier molecular flexibility index (Phi) is 6.95. The van der Waals surface area contributed by atoms with Gasteiger partial charge in [-0.15, -0.1) is 0 Å². The van der Waals surface area contributed by atoms with Crippen LogP contribution in [-0.4, -0.2) is 37.8 Å². The van der Waals surface area contributed by atoms with Gasteiger partial charge in [-0.05, 0) is 45.0 Å². The number of methoxy groups -OCH3 is 1. The normalized spacial score (nSPS) is 10.5. The molecule has 0 saturated heterocycles. The molecule has 7 heteroatoms. The molecule has 30 heavy (non-hydrogen) atoms. The number of ether oxygens (including phenoxy) is 4. The zero-order valence-corrected chi connectivity index (χ0v) is 17.7. The number of rotatable bonds is 9. The first kappa shape index (κ1) is 21.2. The van der Waals surface area contributed by atoms with E-state index >= 15 is 0 Å². The van der Waals surface area contributed by atoms with Gasteiger partial charge in [0, 0.05) is 23.2 Å². The predicted octanol–water partition coefficient (Wildman–Crippen LogP) is 4.69. The van der Waals surface area contributed by atoms with Crippen molar-refractivity contribution in [1.82, 2.24) is 4.98 Å². The molecule has 0 fully saturated rings. The molecule has 2 aromatic carbocycles. The van der Waals surface area contributed by atoms with E-state index in [1.807, 2.05) is 39.0 Å². The van der Waals surface area contributed by atoms with Crippen LogP contribution in [0.2, 0.25) is 0 Å². The summed E-state index contributed by atoms with van der Waals surface area (Å²) < 4.78 is 22.5. The molecule has 3 aromatic rings. The van der Waals surface area contributed by atoms with Crippen LogP contribution in [0.1, 0.15) is 31.1 Å². The molecule has 0 aliphatic carbocycles. The lowest BCUT2D eigenvalue weighted by atomic mass is 10.1. The second kappa shape index (κ2) is 9.82. The summed E-state index contributed by atoms with van der Waals surface area (Å²) in [7, 11) is 1.58. The number of amides is 1. The van der Waals surface area contributed by atoms with Gasteiger partial charge in [0.1, 0.15) is 5.75 Å². The van der Waals surface area contributed by atoms with E-state index in [4.69, 9.17) is 18.9 Å². The van der Waals surface area contributed by atoms with Gasteiger partial charge in [-0.1, -0.05) is 6.07 Å². The minimum Gasteiger partial charge on any atom is -0.497 e. The number of hydrogen-bond donors (Lipinski definition) is 1. The Morgan fingerprint density at radius 1 is 0.967 bits per heavy atom. The van der Waals surface area contributed by atoms with Crippen molar-refractivity contribution in [2.45, 2.75) is 20.8 Å². The van der Waals surface area contributed by atoms with Crippen LogP contribution < -0.4 is 24.3 Å². The number of nitrogens with zero attached hydrogens (tertiary/aromatic N) is 1. The lowest BCUT2D eigenvalue weighted by Crippen LogP contribution is -2.14. The number of fused-ring (bicyclic) bond motifs is 1. The number of benzene rings is 2. The maximum Gasteiger partial charge on any atom is 0.256 e. The van der Waals surface area contributed by atoms with Crippen molar-refractivity contribution in [1.29, 1.82) is 0 Å². The van der Waals surface area contributed by atoms with E-state index < -0.39 is 0 Å². The van der Waals surface area contributed by atoms with Gasteiger partial charge in [-0.2, -0.15) is 0 Å². The summed E-state index contributed by atoms with van der Waals surface area (Å²) in [5.74, 6) is 1.72. The number of aromatic nitrogens is 1. The number of carbonyl (C=O) groups excluding carboxylic acids is 1. The highest BCUT2D eigenvalue weighted by atomic mass is 16.5. The van der Waals surface area contributed by atoms with Crippen molar-refractivity contribution in [3.63, 3.8) is 0 Å². The lowest BCUT2D eigenvalue weighted by Gasteiger charge is -2.17. The predicted molar refractivity (Wildman–Crippen MR) is 116 cm³/mol. The van der Waals surface area contributed by atoms with Crippen molar-refractivity contribution in [2.75, 3.05) is 32.2 Å². The van der Waals surface area contributed by atoms with E-state index in [9.17, 15) is 4.79 Å². The van der Waals surface area contributed by atoms with E-state index in [0.717, 1.165) is 5.39 Å². The van der Waals surface area contributed by atoms with Gasteiger partial charge >= 0.3 is 0 Å². The van der Waals surface area contributed by atoms with Crippen molar-refractivity contribution in [3.05, 3.63) is 48.2 Å². The molecular weight excluding hydrogens is 384 g/mol. The smallest absolute Gasteiger partial charge is 0.256 e. The topological polar surface area (TPSA) is 78.9 Å². The SMILES string of the molecule is CCOc1cc(C(=O)Nc2cc(OC)cc3cccnc23)cc(OCC)c1OCC. The van der Waals surface area contributed by atoms with E-state index in [0.29, 0.717) is 59.6 Å². The van der Waals surface area contributed by atoms with E-state index in [1.54, 1.807) is 31.5 Å². The third kappa shape index (κ3) is 4.56. The molecule has 0 aliphatic rings. The van der Waals surface area contributed by atoms with Crippen LogP contribution in [0.15, 0.2) is 42.6 Å². The van der Waals surface area contributed by atoms with Crippen LogP contribution in [0.5, 0.6) is 23.0 Å². The minimum atomic E-state index is -0.319.